The normalized spacial score (nSPS) is 12.7. The van der Waals surface area contributed by atoms with Crippen LogP contribution in [-0.2, 0) is 14.8 Å². The van der Waals surface area contributed by atoms with Gasteiger partial charge < -0.3 is 9.64 Å². The molecule has 0 saturated heterocycles. The van der Waals surface area contributed by atoms with Crippen molar-refractivity contribution in [2.75, 3.05) is 31.8 Å². The Morgan fingerprint density at radius 3 is 2.35 bits per heavy atom. The topological polar surface area (TPSA) is 66.9 Å². The maximum atomic E-state index is 12.0. The summed E-state index contributed by atoms with van der Waals surface area (Å²) in [4.78, 5) is 13.4. The predicted molar refractivity (Wildman–Crippen MR) is 78.5 cm³/mol. The molecule has 1 rings (SSSR count). The number of hydrogen-bond acceptors (Lipinski definition) is 4. The Morgan fingerprint density at radius 1 is 1.30 bits per heavy atom. The largest absolute Gasteiger partial charge is 0.497 e. The first-order chi connectivity index (χ1) is 9.18. The number of amides is 1. The second-order valence-electron chi connectivity index (χ2n) is 4.67. The molecule has 1 aromatic carbocycles. The first-order valence-electron chi connectivity index (χ1n) is 6.03. The third-order valence-electron chi connectivity index (χ3n) is 2.82. The van der Waals surface area contributed by atoms with E-state index in [1.165, 1.54) is 12.0 Å². The average molecular weight is 300 g/mol. The minimum Gasteiger partial charge on any atom is -0.497 e. The molecule has 0 N–H and O–H groups in total. The summed E-state index contributed by atoms with van der Waals surface area (Å²) >= 11 is 0. The Hall–Kier alpha value is -1.76. The van der Waals surface area contributed by atoms with Crippen molar-refractivity contribution in [1.82, 2.24) is 4.90 Å². The van der Waals surface area contributed by atoms with Crippen molar-refractivity contribution >= 4 is 21.6 Å². The van der Waals surface area contributed by atoms with Crippen molar-refractivity contribution in [3.63, 3.8) is 0 Å². The van der Waals surface area contributed by atoms with E-state index in [0.717, 1.165) is 10.6 Å². The number of benzene rings is 1. The third-order valence-corrected chi connectivity index (χ3v) is 4.06. The summed E-state index contributed by atoms with van der Waals surface area (Å²) in [5.41, 5.74) is 0.398. The fraction of sp³-hybridized carbons (Fsp3) is 0.462. The van der Waals surface area contributed by atoms with Gasteiger partial charge in [-0.3, -0.25) is 9.10 Å². The molecule has 0 fully saturated rings. The Morgan fingerprint density at radius 2 is 1.90 bits per heavy atom. The Balaban J connectivity index is 3.30. The molecule has 112 valence electrons. The van der Waals surface area contributed by atoms with Gasteiger partial charge in [0, 0.05) is 20.2 Å². The number of likely N-dealkylation sites (N-methyl/N-ethyl adjacent to an activating group) is 1. The van der Waals surface area contributed by atoms with Crippen LogP contribution in [0.5, 0.6) is 5.75 Å². The summed E-state index contributed by atoms with van der Waals surface area (Å²) < 4.78 is 30.2. The van der Waals surface area contributed by atoms with Gasteiger partial charge >= 0.3 is 0 Å². The molecule has 1 amide bonds. The molecule has 0 bridgehead atoms. The number of sulfonamides is 1. The van der Waals surface area contributed by atoms with Crippen LogP contribution in [0, 0.1) is 0 Å². The molecule has 1 atom stereocenters. The van der Waals surface area contributed by atoms with Gasteiger partial charge in [0.15, 0.2) is 0 Å². The lowest BCUT2D eigenvalue weighted by Gasteiger charge is -2.30. The summed E-state index contributed by atoms with van der Waals surface area (Å²) in [7, 11) is 1.08. The van der Waals surface area contributed by atoms with Crippen LogP contribution >= 0.6 is 0 Å². The van der Waals surface area contributed by atoms with E-state index in [1.54, 1.807) is 45.3 Å². The third kappa shape index (κ3) is 3.63. The van der Waals surface area contributed by atoms with Crippen LogP contribution in [0.4, 0.5) is 5.69 Å². The summed E-state index contributed by atoms with van der Waals surface area (Å²) in [6.45, 7) is 1.56. The van der Waals surface area contributed by atoms with E-state index < -0.39 is 16.1 Å². The second-order valence-corrected chi connectivity index (χ2v) is 6.53. The van der Waals surface area contributed by atoms with E-state index in [2.05, 4.69) is 0 Å². The predicted octanol–water partition coefficient (Wildman–Crippen LogP) is 0.938. The molecule has 0 saturated carbocycles. The van der Waals surface area contributed by atoms with E-state index in [4.69, 9.17) is 4.74 Å². The smallest absolute Gasteiger partial charge is 0.245 e. The minimum absolute atomic E-state index is 0.293. The van der Waals surface area contributed by atoms with Gasteiger partial charge in [-0.05, 0) is 19.1 Å². The molecule has 0 aliphatic rings. The fourth-order valence-electron chi connectivity index (χ4n) is 1.92. The number of ether oxygens (including phenoxy) is 1. The molecule has 20 heavy (non-hydrogen) atoms. The number of anilines is 1. The van der Waals surface area contributed by atoms with Crippen LogP contribution in [0.1, 0.15) is 6.92 Å². The van der Waals surface area contributed by atoms with Crippen LogP contribution < -0.4 is 9.04 Å². The van der Waals surface area contributed by atoms with Gasteiger partial charge in [-0.15, -0.1) is 0 Å². The van der Waals surface area contributed by atoms with Crippen molar-refractivity contribution in [2.24, 2.45) is 0 Å². The van der Waals surface area contributed by atoms with Crippen LogP contribution in [0.15, 0.2) is 24.3 Å². The van der Waals surface area contributed by atoms with Crippen molar-refractivity contribution in [3.8, 4) is 5.75 Å². The number of carbonyl (C=O) groups is 1. The Kier molecular flexibility index (Phi) is 4.99. The van der Waals surface area contributed by atoms with Gasteiger partial charge in [-0.2, -0.15) is 0 Å². The van der Waals surface area contributed by atoms with E-state index >= 15 is 0 Å². The quantitative estimate of drug-likeness (QED) is 0.811. The van der Waals surface area contributed by atoms with Gasteiger partial charge in [0.25, 0.3) is 0 Å². The van der Waals surface area contributed by atoms with Crippen LogP contribution in [0.2, 0.25) is 0 Å². The standard InChI is InChI=1S/C13H20N2O4S/c1-10(13(16)14(2)3)15(20(5,17)18)11-7-6-8-12(9-11)19-4/h6-10H,1-5H3. The molecule has 0 spiro atoms. The van der Waals surface area contributed by atoms with Crippen molar-refractivity contribution in [2.45, 2.75) is 13.0 Å². The molecule has 1 unspecified atom stereocenters. The lowest BCUT2D eigenvalue weighted by molar-refractivity contribution is -0.129. The summed E-state index contributed by atoms with van der Waals surface area (Å²) in [6.07, 6.45) is 1.08. The summed E-state index contributed by atoms with van der Waals surface area (Å²) in [5, 5.41) is 0. The van der Waals surface area contributed by atoms with Gasteiger partial charge in [0.2, 0.25) is 15.9 Å². The van der Waals surface area contributed by atoms with Crippen molar-refractivity contribution in [1.29, 1.82) is 0 Å². The van der Waals surface area contributed by atoms with E-state index in [0.29, 0.717) is 11.4 Å². The van der Waals surface area contributed by atoms with Crippen LogP contribution in [0.25, 0.3) is 0 Å². The molecule has 6 nitrogen and oxygen atoms in total. The highest BCUT2D eigenvalue weighted by molar-refractivity contribution is 7.92. The number of carbonyl (C=O) groups excluding carboxylic acids is 1. The highest BCUT2D eigenvalue weighted by Crippen LogP contribution is 2.25. The van der Waals surface area contributed by atoms with Crippen molar-refractivity contribution < 1.29 is 17.9 Å². The second kappa shape index (κ2) is 6.13. The van der Waals surface area contributed by atoms with Gasteiger partial charge in [-0.1, -0.05) is 6.07 Å². The minimum atomic E-state index is -3.59. The number of methoxy groups -OCH3 is 1. The van der Waals surface area contributed by atoms with Crippen molar-refractivity contribution in [3.05, 3.63) is 24.3 Å². The first-order valence-corrected chi connectivity index (χ1v) is 7.88. The van der Waals surface area contributed by atoms with E-state index in [1.807, 2.05) is 0 Å². The van der Waals surface area contributed by atoms with Gasteiger partial charge in [0.1, 0.15) is 11.8 Å². The van der Waals surface area contributed by atoms with Gasteiger partial charge in [-0.25, -0.2) is 8.42 Å². The van der Waals surface area contributed by atoms with E-state index in [9.17, 15) is 13.2 Å². The molecule has 0 aliphatic carbocycles. The zero-order valence-corrected chi connectivity index (χ0v) is 13.1. The average Bonchev–Trinajstić information content (AvgIpc) is 2.36. The number of rotatable bonds is 5. The summed E-state index contributed by atoms with van der Waals surface area (Å²) in [6, 6.07) is 5.78. The molecule has 7 heteroatoms. The zero-order chi connectivity index (χ0) is 15.5. The lowest BCUT2D eigenvalue weighted by atomic mass is 10.2. The van der Waals surface area contributed by atoms with Crippen LogP contribution in [0.3, 0.4) is 0 Å². The molecular weight excluding hydrogens is 280 g/mol. The summed E-state index contributed by atoms with van der Waals surface area (Å²) in [5.74, 6) is 0.235. The molecule has 1 aromatic rings. The molecule has 0 aliphatic heterocycles. The van der Waals surface area contributed by atoms with E-state index in [-0.39, 0.29) is 5.91 Å². The SMILES string of the molecule is COc1cccc(N(C(C)C(=O)N(C)C)S(C)(=O)=O)c1. The zero-order valence-electron chi connectivity index (χ0n) is 12.3. The van der Waals surface area contributed by atoms with Crippen LogP contribution in [-0.4, -0.2) is 52.7 Å². The maximum Gasteiger partial charge on any atom is 0.245 e. The monoisotopic (exact) mass is 300 g/mol. The molecule has 0 aromatic heterocycles. The number of hydrogen-bond donors (Lipinski definition) is 0. The maximum absolute atomic E-state index is 12.0. The van der Waals surface area contributed by atoms with Gasteiger partial charge in [0.05, 0.1) is 19.1 Å². The fourth-order valence-corrected chi connectivity index (χ4v) is 3.08. The molecular formula is C13H20N2O4S. The lowest BCUT2D eigenvalue weighted by Crippen LogP contribution is -2.47. The molecule has 0 radical (unpaired) electrons. The molecule has 0 heterocycles. The Bertz CT molecular complexity index is 584. The number of nitrogens with zero attached hydrogens (tertiary/aromatic N) is 2. The highest BCUT2D eigenvalue weighted by Gasteiger charge is 2.30. The first kappa shape index (κ1) is 16.3. The highest BCUT2D eigenvalue weighted by atomic mass is 32.2. The Labute approximate surface area is 120 Å².